The van der Waals surface area contributed by atoms with Crippen molar-refractivity contribution in [1.82, 2.24) is 19.6 Å². The Labute approximate surface area is 132 Å². The molecule has 1 aliphatic heterocycles. The fourth-order valence-corrected chi connectivity index (χ4v) is 3.53. The predicted molar refractivity (Wildman–Crippen MR) is 86.9 cm³/mol. The molecule has 1 saturated carbocycles. The van der Waals surface area contributed by atoms with Crippen LogP contribution >= 0.6 is 0 Å². The highest BCUT2D eigenvalue weighted by molar-refractivity contribution is 5.92. The molecule has 5 heteroatoms. The maximum Gasteiger partial charge on any atom is 0.274 e. The van der Waals surface area contributed by atoms with Crippen molar-refractivity contribution in [1.29, 1.82) is 0 Å². The summed E-state index contributed by atoms with van der Waals surface area (Å²) >= 11 is 0. The van der Waals surface area contributed by atoms with Crippen molar-refractivity contribution >= 4 is 5.91 Å². The lowest BCUT2D eigenvalue weighted by Crippen LogP contribution is -2.35. The van der Waals surface area contributed by atoms with Gasteiger partial charge < -0.3 is 4.90 Å². The largest absolute Gasteiger partial charge is 0.336 e. The van der Waals surface area contributed by atoms with Crippen LogP contribution in [0, 0.1) is 0 Å². The molecule has 1 aromatic rings. The van der Waals surface area contributed by atoms with Crippen molar-refractivity contribution in [3.05, 3.63) is 30.6 Å². The number of aromatic nitrogens is 2. The maximum absolute atomic E-state index is 12.7. The van der Waals surface area contributed by atoms with Gasteiger partial charge in [0.05, 0.1) is 6.04 Å². The van der Waals surface area contributed by atoms with E-state index in [1.165, 1.54) is 25.7 Å². The van der Waals surface area contributed by atoms with Crippen LogP contribution in [0.25, 0.3) is 0 Å². The van der Waals surface area contributed by atoms with Crippen molar-refractivity contribution in [2.75, 3.05) is 32.7 Å². The first-order valence-corrected chi connectivity index (χ1v) is 8.45. The van der Waals surface area contributed by atoms with Crippen LogP contribution in [0.2, 0.25) is 0 Å². The van der Waals surface area contributed by atoms with Crippen LogP contribution in [0.3, 0.4) is 0 Å². The summed E-state index contributed by atoms with van der Waals surface area (Å²) in [5.74, 6) is 0.0807. The molecule has 2 aliphatic rings. The first kappa shape index (κ1) is 15.3. The summed E-state index contributed by atoms with van der Waals surface area (Å²) in [7, 11) is 0. The standard InChI is InChI=1S/C17H26N4O/c1-2-9-19-10-5-11-20(14-13-19)17(22)16-8-12-21(18-16)15-6-3-4-7-15/h2,8,12,15H,1,3-7,9-11,13-14H2. The first-order chi connectivity index (χ1) is 10.8. The minimum Gasteiger partial charge on any atom is -0.336 e. The van der Waals surface area contributed by atoms with Gasteiger partial charge in [0.15, 0.2) is 0 Å². The average Bonchev–Trinajstić information content (AvgIpc) is 3.16. The van der Waals surface area contributed by atoms with Crippen LogP contribution in [0.1, 0.15) is 48.6 Å². The minimum atomic E-state index is 0.0807. The van der Waals surface area contributed by atoms with Crippen molar-refractivity contribution in [3.8, 4) is 0 Å². The molecule has 1 aromatic heterocycles. The molecule has 5 nitrogen and oxygen atoms in total. The molecule has 1 amide bonds. The Morgan fingerprint density at radius 2 is 2.05 bits per heavy atom. The topological polar surface area (TPSA) is 41.4 Å². The third-order valence-electron chi connectivity index (χ3n) is 4.79. The van der Waals surface area contributed by atoms with Gasteiger partial charge in [-0.3, -0.25) is 14.4 Å². The molecule has 0 unspecified atom stereocenters. The van der Waals surface area contributed by atoms with Gasteiger partial charge in [-0.2, -0.15) is 5.10 Å². The Kier molecular flexibility index (Phi) is 4.93. The van der Waals surface area contributed by atoms with Crippen molar-refractivity contribution in [3.63, 3.8) is 0 Å². The van der Waals surface area contributed by atoms with Gasteiger partial charge in [0.2, 0.25) is 0 Å². The average molecular weight is 302 g/mol. The van der Waals surface area contributed by atoms with E-state index in [9.17, 15) is 4.79 Å². The zero-order valence-electron chi connectivity index (χ0n) is 13.3. The van der Waals surface area contributed by atoms with Gasteiger partial charge in [0, 0.05) is 38.9 Å². The molecule has 0 radical (unpaired) electrons. The zero-order valence-corrected chi connectivity index (χ0v) is 13.3. The van der Waals surface area contributed by atoms with Crippen molar-refractivity contribution in [2.24, 2.45) is 0 Å². The Balaban J connectivity index is 1.62. The molecule has 0 N–H and O–H groups in total. The van der Waals surface area contributed by atoms with Crippen LogP contribution in [0.5, 0.6) is 0 Å². The molecule has 2 fully saturated rings. The summed E-state index contributed by atoms with van der Waals surface area (Å²) in [6.07, 6.45) is 9.86. The lowest BCUT2D eigenvalue weighted by molar-refractivity contribution is 0.0755. The predicted octanol–water partition coefficient (Wildman–Crippen LogP) is 2.33. The lowest BCUT2D eigenvalue weighted by Gasteiger charge is -2.20. The van der Waals surface area contributed by atoms with Gasteiger partial charge in [0.25, 0.3) is 5.91 Å². The minimum absolute atomic E-state index is 0.0807. The van der Waals surface area contributed by atoms with Gasteiger partial charge in [-0.05, 0) is 25.3 Å². The van der Waals surface area contributed by atoms with E-state index in [2.05, 4.69) is 16.6 Å². The molecule has 0 aromatic carbocycles. The molecular formula is C17H26N4O. The van der Waals surface area contributed by atoms with Gasteiger partial charge >= 0.3 is 0 Å². The summed E-state index contributed by atoms with van der Waals surface area (Å²) in [5, 5.41) is 4.55. The third-order valence-corrected chi connectivity index (χ3v) is 4.79. The molecule has 0 atom stereocenters. The summed E-state index contributed by atoms with van der Waals surface area (Å²) in [6, 6.07) is 2.38. The molecule has 22 heavy (non-hydrogen) atoms. The van der Waals surface area contributed by atoms with Gasteiger partial charge in [-0.1, -0.05) is 18.9 Å². The lowest BCUT2D eigenvalue weighted by atomic mass is 10.3. The molecule has 3 rings (SSSR count). The van der Waals surface area contributed by atoms with Crippen LogP contribution in [0.4, 0.5) is 0 Å². The molecule has 1 aliphatic carbocycles. The smallest absolute Gasteiger partial charge is 0.274 e. The van der Waals surface area contributed by atoms with Crippen molar-refractivity contribution in [2.45, 2.75) is 38.1 Å². The van der Waals surface area contributed by atoms with E-state index in [0.717, 1.165) is 39.1 Å². The van der Waals surface area contributed by atoms with Crippen LogP contribution in [-0.2, 0) is 0 Å². The number of nitrogens with zero attached hydrogens (tertiary/aromatic N) is 4. The van der Waals surface area contributed by atoms with E-state index >= 15 is 0 Å². The Hall–Kier alpha value is -1.62. The zero-order chi connectivity index (χ0) is 15.4. The van der Waals surface area contributed by atoms with E-state index in [0.29, 0.717) is 11.7 Å². The fraction of sp³-hybridized carbons (Fsp3) is 0.647. The molecule has 120 valence electrons. The highest BCUT2D eigenvalue weighted by Gasteiger charge is 2.23. The number of carbonyl (C=O) groups is 1. The number of amides is 1. The summed E-state index contributed by atoms with van der Waals surface area (Å²) in [6.45, 7) is 8.25. The second-order valence-corrected chi connectivity index (χ2v) is 6.35. The van der Waals surface area contributed by atoms with E-state index < -0.39 is 0 Å². The van der Waals surface area contributed by atoms with Gasteiger partial charge in [0.1, 0.15) is 5.69 Å². The number of hydrogen-bond donors (Lipinski definition) is 0. The highest BCUT2D eigenvalue weighted by Crippen LogP contribution is 2.28. The molecule has 2 heterocycles. The molecular weight excluding hydrogens is 276 g/mol. The normalized spacial score (nSPS) is 21.0. The van der Waals surface area contributed by atoms with Crippen molar-refractivity contribution < 1.29 is 4.79 Å². The molecule has 0 spiro atoms. The van der Waals surface area contributed by atoms with E-state index in [-0.39, 0.29) is 5.91 Å². The Morgan fingerprint density at radius 1 is 1.23 bits per heavy atom. The number of carbonyl (C=O) groups excluding carboxylic acids is 1. The number of rotatable bonds is 4. The van der Waals surface area contributed by atoms with E-state index in [1.807, 2.05) is 27.9 Å². The number of hydrogen-bond acceptors (Lipinski definition) is 3. The first-order valence-electron chi connectivity index (χ1n) is 8.45. The highest BCUT2D eigenvalue weighted by atomic mass is 16.2. The van der Waals surface area contributed by atoms with Crippen LogP contribution in [-0.4, -0.2) is 58.2 Å². The maximum atomic E-state index is 12.7. The quantitative estimate of drug-likeness (QED) is 0.802. The van der Waals surface area contributed by atoms with Crippen LogP contribution < -0.4 is 0 Å². The van der Waals surface area contributed by atoms with Crippen LogP contribution in [0.15, 0.2) is 24.9 Å². The third kappa shape index (κ3) is 3.40. The van der Waals surface area contributed by atoms with E-state index in [1.54, 1.807) is 0 Å². The fourth-order valence-electron chi connectivity index (χ4n) is 3.53. The molecule has 0 bridgehead atoms. The summed E-state index contributed by atoms with van der Waals surface area (Å²) in [4.78, 5) is 17.0. The SMILES string of the molecule is C=CCN1CCCN(C(=O)c2ccn(C3CCCC3)n2)CC1. The Bertz CT molecular complexity index is 518. The second kappa shape index (κ2) is 7.09. The van der Waals surface area contributed by atoms with E-state index in [4.69, 9.17) is 0 Å². The Morgan fingerprint density at radius 3 is 2.82 bits per heavy atom. The van der Waals surface area contributed by atoms with Gasteiger partial charge in [-0.15, -0.1) is 6.58 Å². The summed E-state index contributed by atoms with van der Waals surface area (Å²) in [5.41, 5.74) is 0.601. The molecule has 1 saturated heterocycles. The monoisotopic (exact) mass is 302 g/mol. The van der Waals surface area contributed by atoms with Gasteiger partial charge in [-0.25, -0.2) is 0 Å². The second-order valence-electron chi connectivity index (χ2n) is 6.35. The summed E-state index contributed by atoms with van der Waals surface area (Å²) < 4.78 is 2.00.